The molecule has 0 amide bonds. The number of nitrogens with zero attached hydrogens (tertiary/aromatic N) is 4. The highest BCUT2D eigenvalue weighted by molar-refractivity contribution is 4.91. The van der Waals surface area contributed by atoms with Gasteiger partial charge in [0.15, 0.2) is 0 Å². The molecule has 1 fully saturated rings. The zero-order chi connectivity index (χ0) is 12.8. The maximum atomic E-state index is 4.18. The molecule has 2 rings (SSSR count). The molecule has 18 heavy (non-hydrogen) atoms. The molecule has 1 aromatic rings. The Balaban J connectivity index is 1.76. The third-order valence-corrected chi connectivity index (χ3v) is 3.33. The van der Waals surface area contributed by atoms with Crippen molar-refractivity contribution in [3.63, 3.8) is 0 Å². The summed E-state index contributed by atoms with van der Waals surface area (Å²) in [6.45, 7) is 9.40. The summed E-state index contributed by atoms with van der Waals surface area (Å²) in [5.74, 6) is 0. The van der Waals surface area contributed by atoms with E-state index in [0.29, 0.717) is 0 Å². The molecule has 0 radical (unpaired) electrons. The van der Waals surface area contributed by atoms with E-state index < -0.39 is 0 Å². The number of rotatable bonds is 9. The van der Waals surface area contributed by atoms with Crippen molar-refractivity contribution in [2.45, 2.75) is 52.2 Å². The van der Waals surface area contributed by atoms with Crippen LogP contribution in [0.15, 0.2) is 6.20 Å². The van der Waals surface area contributed by atoms with E-state index in [0.717, 1.165) is 37.9 Å². The number of nitrogens with one attached hydrogen (secondary N) is 1. The molecule has 5 nitrogen and oxygen atoms in total. The summed E-state index contributed by atoms with van der Waals surface area (Å²) < 4.78 is 1.97. The van der Waals surface area contributed by atoms with Crippen LogP contribution < -0.4 is 5.32 Å². The zero-order valence-electron chi connectivity index (χ0n) is 11.6. The van der Waals surface area contributed by atoms with Gasteiger partial charge in [-0.3, -0.25) is 9.58 Å². The van der Waals surface area contributed by atoms with Gasteiger partial charge in [0.2, 0.25) is 0 Å². The molecule has 0 aliphatic heterocycles. The van der Waals surface area contributed by atoms with Crippen LogP contribution in [0.1, 0.15) is 38.8 Å². The van der Waals surface area contributed by atoms with Gasteiger partial charge in [-0.2, -0.15) is 0 Å². The minimum atomic E-state index is 0.817. The monoisotopic (exact) mass is 251 g/mol. The highest BCUT2D eigenvalue weighted by Crippen LogP contribution is 2.26. The molecule has 1 saturated carbocycles. The highest BCUT2D eigenvalue weighted by Gasteiger charge is 2.27. The predicted octanol–water partition coefficient (Wildman–Crippen LogP) is 1.26. The quantitative estimate of drug-likeness (QED) is 0.718. The van der Waals surface area contributed by atoms with E-state index in [-0.39, 0.29) is 0 Å². The average Bonchev–Trinajstić information content (AvgIpc) is 3.12. The molecule has 0 aromatic carbocycles. The van der Waals surface area contributed by atoms with Crippen LogP contribution in [0.25, 0.3) is 0 Å². The van der Waals surface area contributed by atoms with Crippen LogP contribution in [0.2, 0.25) is 0 Å². The van der Waals surface area contributed by atoms with Crippen molar-refractivity contribution in [3.8, 4) is 0 Å². The Hall–Kier alpha value is -0.940. The first kappa shape index (κ1) is 13.5. The van der Waals surface area contributed by atoms with Gasteiger partial charge >= 0.3 is 0 Å². The highest BCUT2D eigenvalue weighted by atomic mass is 15.4. The first-order valence-electron chi connectivity index (χ1n) is 7.17. The summed E-state index contributed by atoms with van der Waals surface area (Å²) >= 11 is 0. The van der Waals surface area contributed by atoms with Gasteiger partial charge in [-0.25, -0.2) is 0 Å². The molecule has 0 saturated heterocycles. The Morgan fingerprint density at radius 3 is 2.89 bits per heavy atom. The Morgan fingerprint density at radius 1 is 1.39 bits per heavy atom. The normalized spacial score (nSPS) is 15.5. The minimum Gasteiger partial charge on any atom is -0.311 e. The molecule has 1 aliphatic rings. The molecular formula is C13H25N5. The van der Waals surface area contributed by atoms with E-state index in [9.17, 15) is 0 Å². The van der Waals surface area contributed by atoms with Crippen LogP contribution >= 0.6 is 0 Å². The lowest BCUT2D eigenvalue weighted by Crippen LogP contribution is -2.30. The van der Waals surface area contributed by atoms with E-state index >= 15 is 0 Å². The first-order chi connectivity index (χ1) is 8.83. The van der Waals surface area contributed by atoms with E-state index in [4.69, 9.17) is 0 Å². The van der Waals surface area contributed by atoms with E-state index in [2.05, 4.69) is 40.6 Å². The first-order valence-corrected chi connectivity index (χ1v) is 7.17. The van der Waals surface area contributed by atoms with E-state index in [1.807, 2.05) is 4.68 Å². The smallest absolute Gasteiger partial charge is 0.0964 e. The van der Waals surface area contributed by atoms with Crippen LogP contribution in [0.3, 0.4) is 0 Å². The SMILES string of the molecule is CCCN(CCn1cc(CNCC)nn1)C1CC1. The van der Waals surface area contributed by atoms with Crippen LogP contribution in [0, 0.1) is 0 Å². The van der Waals surface area contributed by atoms with Gasteiger partial charge in [0.1, 0.15) is 0 Å². The van der Waals surface area contributed by atoms with Gasteiger partial charge in [-0.1, -0.05) is 19.1 Å². The lowest BCUT2D eigenvalue weighted by atomic mass is 10.4. The maximum absolute atomic E-state index is 4.18. The van der Waals surface area contributed by atoms with E-state index in [1.165, 1.54) is 25.8 Å². The number of hydrogen-bond acceptors (Lipinski definition) is 4. The lowest BCUT2D eigenvalue weighted by Gasteiger charge is -2.20. The van der Waals surface area contributed by atoms with Gasteiger partial charge in [0.05, 0.1) is 12.2 Å². The molecule has 5 heteroatoms. The molecule has 0 bridgehead atoms. The molecule has 0 unspecified atom stereocenters. The average molecular weight is 251 g/mol. The summed E-state index contributed by atoms with van der Waals surface area (Å²) in [6, 6.07) is 0.842. The summed E-state index contributed by atoms with van der Waals surface area (Å²) in [7, 11) is 0. The molecule has 102 valence electrons. The topological polar surface area (TPSA) is 46.0 Å². The molecule has 0 spiro atoms. The van der Waals surface area contributed by atoms with Gasteiger partial charge in [0, 0.05) is 25.3 Å². The predicted molar refractivity (Wildman–Crippen MR) is 72.3 cm³/mol. The largest absolute Gasteiger partial charge is 0.311 e. The van der Waals surface area contributed by atoms with Crippen molar-refractivity contribution in [3.05, 3.63) is 11.9 Å². The minimum absolute atomic E-state index is 0.817. The second kappa shape index (κ2) is 6.85. The Bertz CT molecular complexity index is 345. The van der Waals surface area contributed by atoms with Gasteiger partial charge in [-0.15, -0.1) is 5.10 Å². The molecule has 1 aromatic heterocycles. The van der Waals surface area contributed by atoms with Crippen LogP contribution in [-0.2, 0) is 13.1 Å². The van der Waals surface area contributed by atoms with Gasteiger partial charge < -0.3 is 5.32 Å². The van der Waals surface area contributed by atoms with E-state index in [1.54, 1.807) is 0 Å². The fourth-order valence-electron chi connectivity index (χ4n) is 2.22. The third-order valence-electron chi connectivity index (χ3n) is 3.33. The molecule has 1 aliphatic carbocycles. The fraction of sp³-hybridized carbons (Fsp3) is 0.846. The summed E-state index contributed by atoms with van der Waals surface area (Å²) in [4.78, 5) is 2.59. The molecule has 1 heterocycles. The van der Waals surface area contributed by atoms with Gasteiger partial charge in [0.25, 0.3) is 0 Å². The van der Waals surface area contributed by atoms with Gasteiger partial charge in [-0.05, 0) is 32.4 Å². The molecule has 1 N–H and O–H groups in total. The van der Waals surface area contributed by atoms with Crippen molar-refractivity contribution in [2.75, 3.05) is 19.6 Å². The third kappa shape index (κ3) is 4.07. The zero-order valence-corrected chi connectivity index (χ0v) is 11.6. The Kier molecular flexibility index (Phi) is 5.13. The summed E-state index contributed by atoms with van der Waals surface area (Å²) in [6.07, 6.45) is 6.05. The summed E-state index contributed by atoms with van der Waals surface area (Å²) in [5.41, 5.74) is 1.03. The maximum Gasteiger partial charge on any atom is 0.0964 e. The molecular weight excluding hydrogens is 226 g/mol. The lowest BCUT2D eigenvalue weighted by molar-refractivity contribution is 0.248. The Morgan fingerprint density at radius 2 is 2.22 bits per heavy atom. The van der Waals surface area contributed by atoms with Crippen LogP contribution in [-0.4, -0.2) is 45.6 Å². The van der Waals surface area contributed by atoms with Crippen molar-refractivity contribution in [1.82, 2.24) is 25.2 Å². The fourth-order valence-corrected chi connectivity index (χ4v) is 2.22. The molecule has 0 atom stereocenters. The second-order valence-corrected chi connectivity index (χ2v) is 5.02. The Labute approximate surface area is 110 Å². The van der Waals surface area contributed by atoms with Crippen molar-refractivity contribution in [2.24, 2.45) is 0 Å². The number of hydrogen-bond donors (Lipinski definition) is 1. The second-order valence-electron chi connectivity index (χ2n) is 5.02. The van der Waals surface area contributed by atoms with Crippen molar-refractivity contribution in [1.29, 1.82) is 0 Å². The summed E-state index contributed by atoms with van der Waals surface area (Å²) in [5, 5.41) is 11.6. The van der Waals surface area contributed by atoms with Crippen molar-refractivity contribution >= 4 is 0 Å². The van der Waals surface area contributed by atoms with Crippen molar-refractivity contribution < 1.29 is 0 Å². The van der Waals surface area contributed by atoms with Crippen LogP contribution in [0.4, 0.5) is 0 Å². The number of aromatic nitrogens is 3. The van der Waals surface area contributed by atoms with Crippen LogP contribution in [0.5, 0.6) is 0 Å². The standard InChI is InChI=1S/C13H25N5/c1-3-7-17(13-5-6-13)8-9-18-11-12(15-16-18)10-14-4-2/h11,13-14H,3-10H2,1-2H3.